The van der Waals surface area contributed by atoms with Crippen molar-refractivity contribution in [2.75, 3.05) is 20.4 Å². The molecule has 271 valence electrons. The number of esters is 1. The molecule has 2 amide bonds. The molecular formula is C35H40AcF3N5O7. The van der Waals surface area contributed by atoms with Crippen molar-refractivity contribution in [3.63, 3.8) is 0 Å². The molecule has 4 heterocycles. The Kier molecular flexibility index (Phi) is 11.3. The number of nitriles is 1. The summed E-state index contributed by atoms with van der Waals surface area (Å²) in [5.41, 5.74) is 5.01. The summed E-state index contributed by atoms with van der Waals surface area (Å²) in [4.78, 5) is 41.8. The van der Waals surface area contributed by atoms with Crippen molar-refractivity contribution in [3.05, 3.63) is 45.0 Å². The van der Waals surface area contributed by atoms with Gasteiger partial charge in [-0.1, -0.05) is 13.0 Å². The Morgan fingerprint density at radius 3 is 2.45 bits per heavy atom. The summed E-state index contributed by atoms with van der Waals surface area (Å²) in [6.45, 7) is 8.26. The molecule has 4 aliphatic rings. The largest absolute Gasteiger partial charge is 0.507 e. The molecule has 6 atom stereocenters. The van der Waals surface area contributed by atoms with Crippen molar-refractivity contribution in [3.8, 4) is 29.1 Å². The Balaban J connectivity index is 0.00000504. The summed E-state index contributed by atoms with van der Waals surface area (Å²) in [6.07, 6.45) is -3.64. The number of likely N-dealkylation sites (N-methyl/N-ethyl adjacent to an activating group) is 1. The Morgan fingerprint density at radius 2 is 1.80 bits per heavy atom. The molecule has 4 aliphatic heterocycles. The van der Waals surface area contributed by atoms with Gasteiger partial charge in [-0.15, -0.1) is 0 Å². The Bertz CT molecular complexity index is 1820. The Labute approximate surface area is 329 Å². The molecule has 1 unspecified atom stereocenters. The van der Waals surface area contributed by atoms with Crippen molar-refractivity contribution in [1.82, 2.24) is 20.4 Å². The number of rotatable bonds is 7. The number of carbonyl (C=O) groups excluding carboxylic acids is 3. The number of hydrogen-bond donors (Lipinski definition) is 3. The van der Waals surface area contributed by atoms with Gasteiger partial charge in [0.1, 0.15) is 23.6 Å². The number of amides is 2. The molecule has 1 radical (unpaired) electrons. The maximum absolute atomic E-state index is 13.2. The van der Waals surface area contributed by atoms with Crippen LogP contribution >= 0.6 is 0 Å². The van der Waals surface area contributed by atoms with E-state index >= 15 is 0 Å². The number of fused-ring (bicyclic) bond motifs is 9. The predicted octanol–water partition coefficient (Wildman–Crippen LogP) is 3.71. The Hall–Kier alpha value is -3.11. The van der Waals surface area contributed by atoms with Gasteiger partial charge in [-0.25, -0.2) is 0 Å². The third-order valence-electron chi connectivity index (χ3n) is 10.6. The maximum atomic E-state index is 13.2. The number of aromatic hydroxyl groups is 1. The minimum absolute atomic E-state index is 0. The number of benzene rings is 2. The minimum Gasteiger partial charge on any atom is -0.507 e. The van der Waals surface area contributed by atoms with Crippen LogP contribution in [-0.2, 0) is 27.2 Å². The normalized spacial score (nSPS) is 23.8. The van der Waals surface area contributed by atoms with Gasteiger partial charge in [0.15, 0.2) is 11.5 Å². The predicted molar refractivity (Wildman–Crippen MR) is 172 cm³/mol. The molecule has 1 saturated heterocycles. The molecule has 1 fully saturated rings. The third-order valence-corrected chi connectivity index (χ3v) is 10.6. The van der Waals surface area contributed by atoms with Gasteiger partial charge in [-0.3, -0.25) is 24.2 Å². The number of nitrogens with one attached hydrogen (secondary N) is 2. The Morgan fingerprint density at radius 1 is 1.12 bits per heavy atom. The van der Waals surface area contributed by atoms with E-state index in [1.165, 1.54) is 0 Å². The number of halogens is 3. The first-order chi connectivity index (χ1) is 23.6. The standard InChI is InChI=1S/C35H40F3N5O7.Ac/c1-7-8-25(44)50-30-16(3)15(2)9-19-10-21-23(12-39)43-22(28(26(19)30)42(21)6)11-20-27(32-31(48-14-49-32)17(4)29(20)45)24(43)13-40-33(46)18(5)41-34(47)35(36,37)38;/h9,18,21-24,28,45H,7-8,10-11,13-14H2,1-6H3,(H,40,46)(H,41,47);/t18-,21-,22?,23-,24-,28-;/m0./s1. The fourth-order valence-electron chi connectivity index (χ4n) is 8.08. The number of carbonyl (C=O) groups is 3. The average Bonchev–Trinajstić information content (AvgIpc) is 3.54. The zero-order valence-electron chi connectivity index (χ0n) is 29.2. The fourth-order valence-corrected chi connectivity index (χ4v) is 8.08. The second-order valence-electron chi connectivity index (χ2n) is 13.5. The van der Waals surface area contributed by atoms with E-state index in [1.807, 2.05) is 32.7 Å². The molecule has 12 nitrogen and oxygen atoms in total. The van der Waals surface area contributed by atoms with Crippen LogP contribution in [0.3, 0.4) is 0 Å². The SMILES string of the molecule is CCCC(=O)Oc1c(C)c(C)cc2c1[C@@H]1C3Cc4c(O)c(C)c5c(c4[C@H](CNC(=O)[C@H](C)NC(=O)C(F)(F)F)N3[C@@H](C#N)[C@H](C2)N1C)OCO5.[Ac]. The van der Waals surface area contributed by atoms with Crippen LogP contribution in [0.5, 0.6) is 23.0 Å². The van der Waals surface area contributed by atoms with Gasteiger partial charge in [0.05, 0.1) is 18.2 Å². The van der Waals surface area contributed by atoms with Crippen LogP contribution in [-0.4, -0.2) is 83.4 Å². The first-order valence-electron chi connectivity index (χ1n) is 16.6. The number of phenolic OH excluding ortho intramolecular Hbond substituents is 1. The number of nitrogens with zero attached hydrogens (tertiary/aromatic N) is 3. The van der Waals surface area contributed by atoms with Gasteiger partial charge < -0.3 is 30.0 Å². The first kappa shape index (κ1) is 39.1. The smallest absolute Gasteiger partial charge is 0.471 e. The molecule has 51 heavy (non-hydrogen) atoms. The molecular weight excluding hydrogens is 886 g/mol. The van der Waals surface area contributed by atoms with Gasteiger partial charge in [-0.05, 0) is 70.7 Å². The average molecular weight is 927 g/mol. The molecule has 0 aliphatic carbocycles. The van der Waals surface area contributed by atoms with Crippen molar-refractivity contribution in [2.24, 2.45) is 0 Å². The second-order valence-corrected chi connectivity index (χ2v) is 13.5. The van der Waals surface area contributed by atoms with Crippen molar-refractivity contribution >= 4 is 17.8 Å². The molecule has 0 spiro atoms. The number of aryl methyl sites for hydroxylation is 1. The third kappa shape index (κ3) is 6.69. The summed E-state index contributed by atoms with van der Waals surface area (Å²) >= 11 is 0. The molecule has 16 heteroatoms. The fraction of sp³-hybridized carbons (Fsp3) is 0.543. The summed E-state index contributed by atoms with van der Waals surface area (Å²) < 4.78 is 56.6. The van der Waals surface area contributed by atoms with Crippen LogP contribution in [0.2, 0.25) is 0 Å². The van der Waals surface area contributed by atoms with Gasteiger partial charge in [0, 0.05) is 91.4 Å². The molecule has 2 aromatic carbocycles. The van der Waals surface area contributed by atoms with Crippen LogP contribution < -0.4 is 24.8 Å². The van der Waals surface area contributed by atoms with E-state index in [-0.39, 0.29) is 88.0 Å². The second kappa shape index (κ2) is 14.7. The van der Waals surface area contributed by atoms with E-state index in [1.54, 1.807) is 12.2 Å². The molecule has 6 rings (SSSR count). The first-order valence-corrected chi connectivity index (χ1v) is 16.6. The molecule has 2 bridgehead atoms. The topological polar surface area (TPSA) is 153 Å². The van der Waals surface area contributed by atoms with Crippen molar-refractivity contribution in [2.45, 2.75) is 103 Å². The van der Waals surface area contributed by atoms with Crippen LogP contribution in [0.4, 0.5) is 13.2 Å². The van der Waals surface area contributed by atoms with Crippen LogP contribution in [0.1, 0.15) is 77.7 Å². The van der Waals surface area contributed by atoms with Crippen LogP contribution in [0, 0.1) is 76.2 Å². The zero-order valence-corrected chi connectivity index (χ0v) is 34.0. The zero-order chi connectivity index (χ0) is 36.4. The van der Waals surface area contributed by atoms with Crippen LogP contribution in [0.15, 0.2) is 6.07 Å². The van der Waals surface area contributed by atoms with Crippen molar-refractivity contribution in [1.29, 1.82) is 5.26 Å². The van der Waals surface area contributed by atoms with E-state index in [4.69, 9.17) is 14.2 Å². The van der Waals surface area contributed by atoms with Crippen molar-refractivity contribution < 1.29 is 90.9 Å². The van der Waals surface area contributed by atoms with E-state index in [0.717, 1.165) is 29.2 Å². The van der Waals surface area contributed by atoms with Gasteiger partial charge >= 0.3 is 18.1 Å². The minimum atomic E-state index is -5.17. The monoisotopic (exact) mass is 926 g/mol. The number of ether oxygens (including phenoxy) is 3. The number of phenols is 1. The summed E-state index contributed by atoms with van der Waals surface area (Å²) in [6, 6.07) is 0.181. The summed E-state index contributed by atoms with van der Waals surface area (Å²) in [5, 5.41) is 26.8. The van der Waals surface area contributed by atoms with Gasteiger partial charge in [0.2, 0.25) is 12.7 Å². The number of alkyl halides is 3. The number of piperazine rings is 1. The quantitative estimate of drug-likeness (QED) is 0.277. The van der Waals surface area contributed by atoms with E-state index in [0.29, 0.717) is 46.8 Å². The van der Waals surface area contributed by atoms with Gasteiger partial charge in [0.25, 0.3) is 0 Å². The summed E-state index contributed by atoms with van der Waals surface area (Å²) in [7, 11) is 1.93. The van der Waals surface area contributed by atoms with Crippen LogP contribution in [0.25, 0.3) is 0 Å². The van der Waals surface area contributed by atoms with E-state index in [9.17, 15) is 37.9 Å². The number of hydrogen-bond acceptors (Lipinski definition) is 10. The van der Waals surface area contributed by atoms with E-state index in [2.05, 4.69) is 22.4 Å². The van der Waals surface area contributed by atoms with E-state index < -0.39 is 48.2 Å². The molecule has 3 N–H and O–H groups in total. The maximum Gasteiger partial charge on any atom is 0.471 e. The molecule has 0 aromatic heterocycles. The molecule has 2 aromatic rings. The molecule has 0 saturated carbocycles. The summed E-state index contributed by atoms with van der Waals surface area (Å²) in [5.74, 6) is -2.36. The van der Waals surface area contributed by atoms with Gasteiger partial charge in [-0.2, -0.15) is 18.4 Å².